The highest BCUT2D eigenvalue weighted by atomic mass is 79.9. The average Bonchev–Trinajstić information content (AvgIpc) is 3.32. The quantitative estimate of drug-likeness (QED) is 0.314. The monoisotopic (exact) mass is 571 g/mol. The minimum Gasteiger partial charge on any atom is -0.324 e. The molecular formula is C27H26BrN9O. The van der Waals surface area contributed by atoms with Crippen LogP contribution in [0.1, 0.15) is 30.0 Å². The van der Waals surface area contributed by atoms with E-state index in [2.05, 4.69) is 71.1 Å². The second-order valence-electron chi connectivity index (χ2n) is 9.37. The molecule has 0 spiro atoms. The highest BCUT2D eigenvalue weighted by molar-refractivity contribution is 9.10. The van der Waals surface area contributed by atoms with Gasteiger partial charge >= 0.3 is 0 Å². The Bertz CT molecular complexity index is 1640. The molecule has 5 heterocycles. The van der Waals surface area contributed by atoms with Crippen molar-refractivity contribution < 1.29 is 0 Å². The van der Waals surface area contributed by atoms with Crippen LogP contribution in [-0.4, -0.2) is 47.6 Å². The van der Waals surface area contributed by atoms with Crippen LogP contribution >= 0.6 is 15.9 Å². The van der Waals surface area contributed by atoms with Crippen LogP contribution in [0, 0.1) is 0 Å². The third-order valence-corrected chi connectivity index (χ3v) is 7.49. The summed E-state index contributed by atoms with van der Waals surface area (Å²) >= 11 is 3.40. The summed E-state index contributed by atoms with van der Waals surface area (Å²) in [6, 6.07) is 14.0. The molecule has 6 rings (SSSR count). The molecule has 2 N–H and O–H groups in total. The summed E-state index contributed by atoms with van der Waals surface area (Å²) in [6.07, 6.45) is 7.47. The van der Waals surface area contributed by atoms with E-state index in [1.54, 1.807) is 33.9 Å². The Morgan fingerprint density at radius 1 is 1.11 bits per heavy atom. The number of pyridine rings is 2. The van der Waals surface area contributed by atoms with Crippen LogP contribution in [0.2, 0.25) is 0 Å². The molecular weight excluding hydrogens is 546 g/mol. The number of hydrogen-bond acceptors (Lipinski definition) is 8. The first-order chi connectivity index (χ1) is 18.6. The number of anilines is 2. The Hall–Kier alpha value is -3.96. The second-order valence-corrected chi connectivity index (χ2v) is 10.2. The molecule has 0 amide bonds. The van der Waals surface area contributed by atoms with Gasteiger partial charge in [-0.05, 0) is 83.7 Å². The number of hydrogen-bond donors (Lipinski definition) is 2. The molecule has 38 heavy (non-hydrogen) atoms. The number of aromatic nitrogens is 7. The zero-order valence-corrected chi connectivity index (χ0v) is 22.4. The Morgan fingerprint density at radius 2 is 1.87 bits per heavy atom. The van der Waals surface area contributed by atoms with Gasteiger partial charge in [0.2, 0.25) is 5.95 Å². The molecule has 1 aromatic carbocycles. The summed E-state index contributed by atoms with van der Waals surface area (Å²) < 4.78 is 3.73. The average molecular weight is 572 g/mol. The van der Waals surface area contributed by atoms with Gasteiger partial charge in [0.1, 0.15) is 11.3 Å². The van der Waals surface area contributed by atoms with Gasteiger partial charge in [-0.2, -0.15) is 4.98 Å². The van der Waals surface area contributed by atoms with Gasteiger partial charge in [-0.1, -0.05) is 17.3 Å². The predicted octanol–water partition coefficient (Wildman–Crippen LogP) is 4.00. The zero-order chi connectivity index (χ0) is 26.1. The second kappa shape index (κ2) is 10.4. The van der Waals surface area contributed by atoms with Gasteiger partial charge < -0.3 is 10.6 Å². The summed E-state index contributed by atoms with van der Waals surface area (Å²) in [6.45, 7) is 2.32. The number of fused-ring (bicyclic) bond motifs is 1. The first-order valence-electron chi connectivity index (χ1n) is 12.5. The number of nitrogens with zero attached hydrogens (tertiary/aromatic N) is 7. The fourth-order valence-electron chi connectivity index (χ4n) is 4.97. The molecule has 1 aliphatic heterocycles. The number of aryl methyl sites for hydroxylation is 1. The molecule has 1 saturated heterocycles. The number of halogens is 1. The molecule has 0 aliphatic carbocycles. The van der Waals surface area contributed by atoms with Crippen molar-refractivity contribution in [1.82, 2.24) is 39.8 Å². The van der Waals surface area contributed by atoms with Crippen molar-refractivity contribution in [2.45, 2.75) is 25.3 Å². The third kappa shape index (κ3) is 4.82. The molecule has 0 unspecified atom stereocenters. The first kappa shape index (κ1) is 24.4. The topological polar surface area (TPSA) is 115 Å². The van der Waals surface area contributed by atoms with Crippen LogP contribution in [0.3, 0.4) is 0 Å². The molecule has 0 atom stereocenters. The van der Waals surface area contributed by atoms with E-state index in [-0.39, 0.29) is 12.1 Å². The van der Waals surface area contributed by atoms with Gasteiger partial charge in [0.05, 0.1) is 16.7 Å². The van der Waals surface area contributed by atoms with E-state index in [1.165, 1.54) is 5.56 Å². The van der Waals surface area contributed by atoms with E-state index in [0.717, 1.165) is 48.3 Å². The van der Waals surface area contributed by atoms with E-state index in [1.807, 2.05) is 19.2 Å². The lowest BCUT2D eigenvalue weighted by molar-refractivity contribution is 0.460. The van der Waals surface area contributed by atoms with Crippen LogP contribution in [0.25, 0.3) is 22.3 Å². The summed E-state index contributed by atoms with van der Waals surface area (Å²) in [5, 5.41) is 16.0. The fraction of sp³-hybridized carbons (Fsp3) is 0.259. The lowest BCUT2D eigenvalue weighted by atomic mass is 9.90. The predicted molar refractivity (Wildman–Crippen MR) is 149 cm³/mol. The Balaban J connectivity index is 1.33. The maximum absolute atomic E-state index is 13.3. The number of rotatable bonds is 6. The molecule has 1 aliphatic rings. The Kier molecular flexibility index (Phi) is 6.69. The highest BCUT2D eigenvalue weighted by Gasteiger charge is 2.18. The largest absolute Gasteiger partial charge is 0.324 e. The van der Waals surface area contributed by atoms with Crippen molar-refractivity contribution in [3.05, 3.63) is 87.1 Å². The van der Waals surface area contributed by atoms with E-state index in [0.29, 0.717) is 27.7 Å². The normalized spacial score (nSPS) is 14.2. The van der Waals surface area contributed by atoms with Gasteiger partial charge in [-0.25, -0.2) is 9.67 Å². The van der Waals surface area contributed by atoms with E-state index >= 15 is 0 Å². The third-order valence-electron chi connectivity index (χ3n) is 6.92. The first-order valence-corrected chi connectivity index (χ1v) is 13.3. The van der Waals surface area contributed by atoms with Gasteiger partial charge in [-0.3, -0.25) is 14.3 Å². The smallest absolute Gasteiger partial charge is 0.266 e. The van der Waals surface area contributed by atoms with Gasteiger partial charge in [0, 0.05) is 42.3 Å². The maximum Gasteiger partial charge on any atom is 0.266 e. The molecule has 0 saturated carbocycles. The number of benzene rings is 1. The van der Waals surface area contributed by atoms with Gasteiger partial charge in [0.25, 0.3) is 5.56 Å². The van der Waals surface area contributed by atoms with Crippen LogP contribution < -0.4 is 16.2 Å². The maximum atomic E-state index is 13.3. The SMILES string of the molecule is Cn1nnc(Cn2c(=O)c(Br)cc3cnc(Nc4ccc(C5CCNCC5)cc4)nc32)c1-c1ccncc1. The Morgan fingerprint density at radius 3 is 2.63 bits per heavy atom. The summed E-state index contributed by atoms with van der Waals surface area (Å²) in [5.74, 6) is 1.00. The fourth-order valence-corrected chi connectivity index (χ4v) is 5.43. The van der Waals surface area contributed by atoms with Crippen LogP contribution in [-0.2, 0) is 13.6 Å². The lowest BCUT2D eigenvalue weighted by Gasteiger charge is -2.23. The molecule has 5 aromatic rings. The summed E-state index contributed by atoms with van der Waals surface area (Å²) in [5.41, 5.74) is 4.93. The van der Waals surface area contributed by atoms with Crippen LogP contribution in [0.4, 0.5) is 11.6 Å². The van der Waals surface area contributed by atoms with Crippen molar-refractivity contribution in [2.75, 3.05) is 18.4 Å². The highest BCUT2D eigenvalue weighted by Crippen LogP contribution is 2.27. The molecule has 11 heteroatoms. The zero-order valence-electron chi connectivity index (χ0n) is 20.8. The minimum atomic E-state index is -0.209. The van der Waals surface area contributed by atoms with Crippen molar-refractivity contribution >= 4 is 38.6 Å². The molecule has 0 bridgehead atoms. The van der Waals surface area contributed by atoms with Crippen molar-refractivity contribution in [3.8, 4) is 11.3 Å². The Labute approximate surface area is 227 Å². The lowest BCUT2D eigenvalue weighted by Crippen LogP contribution is -2.26. The van der Waals surface area contributed by atoms with Crippen molar-refractivity contribution in [2.24, 2.45) is 7.05 Å². The number of nitrogens with one attached hydrogen (secondary N) is 2. The van der Waals surface area contributed by atoms with Crippen molar-refractivity contribution in [1.29, 1.82) is 0 Å². The number of piperidine rings is 1. The minimum absolute atomic E-state index is 0.196. The summed E-state index contributed by atoms with van der Waals surface area (Å²) in [4.78, 5) is 26.6. The molecule has 10 nitrogen and oxygen atoms in total. The van der Waals surface area contributed by atoms with Gasteiger partial charge in [0.15, 0.2) is 0 Å². The molecule has 192 valence electrons. The van der Waals surface area contributed by atoms with E-state index in [4.69, 9.17) is 4.98 Å². The summed E-state index contributed by atoms with van der Waals surface area (Å²) in [7, 11) is 1.83. The van der Waals surface area contributed by atoms with Crippen LogP contribution in [0.15, 0.2) is 70.3 Å². The van der Waals surface area contributed by atoms with E-state index in [9.17, 15) is 4.79 Å². The molecule has 1 fully saturated rings. The standard InChI is InChI=1S/C27H26BrN9O/c1-36-24(19-8-12-30-13-9-19)23(34-35-36)16-37-25-20(14-22(28)26(37)38)15-31-27(33-25)32-21-4-2-17(3-5-21)18-6-10-29-11-7-18/h2-5,8-9,12-15,18,29H,6-7,10-11,16H2,1H3,(H,31,32,33). The van der Waals surface area contributed by atoms with Crippen molar-refractivity contribution in [3.63, 3.8) is 0 Å². The van der Waals surface area contributed by atoms with Gasteiger partial charge in [-0.15, -0.1) is 5.10 Å². The molecule has 4 aromatic heterocycles. The molecule has 0 radical (unpaired) electrons. The van der Waals surface area contributed by atoms with Crippen LogP contribution in [0.5, 0.6) is 0 Å². The van der Waals surface area contributed by atoms with E-state index < -0.39 is 0 Å².